The number of ether oxygens (including phenoxy) is 1. The Morgan fingerprint density at radius 3 is 2.31 bits per heavy atom. The molecule has 4 aliphatic rings. The summed E-state index contributed by atoms with van der Waals surface area (Å²) in [5.41, 5.74) is 0.515. The zero-order chi connectivity index (χ0) is 25.9. The molecular weight excluding hydrogens is 444 g/mol. The number of hydrogen-bond donors (Lipinski definition) is 4. The summed E-state index contributed by atoms with van der Waals surface area (Å²) in [6, 6.07) is 0. The van der Waals surface area contributed by atoms with Crippen LogP contribution in [0.4, 0.5) is 0 Å². The zero-order valence-electron chi connectivity index (χ0n) is 22.5. The van der Waals surface area contributed by atoms with Crippen LogP contribution in [0, 0.1) is 52.3 Å². The molecule has 4 rings (SSSR count). The lowest BCUT2D eigenvalue weighted by molar-refractivity contribution is -0.162. The number of hydrogen-bond acceptors (Lipinski definition) is 6. The maximum absolute atomic E-state index is 13.0. The molecule has 6 heteroatoms. The Bertz CT molecular complexity index is 824. The predicted octanol–water partition coefficient (Wildman–Crippen LogP) is 3.70. The zero-order valence-corrected chi connectivity index (χ0v) is 22.5. The van der Waals surface area contributed by atoms with Crippen molar-refractivity contribution in [3.05, 3.63) is 11.6 Å². The largest absolute Gasteiger partial charge is 0.465 e. The lowest BCUT2D eigenvalue weighted by Crippen LogP contribution is -2.55. The first kappa shape index (κ1) is 27.1. The third-order valence-corrected chi connectivity index (χ3v) is 11.3. The number of carbonyl (C=O) groups is 1. The Hall–Kier alpha value is -0.950. The van der Waals surface area contributed by atoms with Crippen molar-refractivity contribution in [2.24, 2.45) is 52.3 Å². The van der Waals surface area contributed by atoms with Crippen molar-refractivity contribution in [2.75, 3.05) is 6.61 Å². The summed E-state index contributed by atoms with van der Waals surface area (Å²) >= 11 is 0. The lowest BCUT2D eigenvalue weighted by atomic mass is 9.48. The molecule has 4 N–H and O–H groups in total. The molecule has 3 saturated carbocycles. The molecule has 0 amide bonds. The van der Waals surface area contributed by atoms with Crippen molar-refractivity contribution in [2.45, 2.75) is 104 Å². The third-order valence-electron chi connectivity index (χ3n) is 11.3. The first-order valence-electron chi connectivity index (χ1n) is 13.9. The van der Waals surface area contributed by atoms with Crippen molar-refractivity contribution in [3.63, 3.8) is 0 Å². The van der Waals surface area contributed by atoms with Gasteiger partial charge in [-0.2, -0.15) is 0 Å². The van der Waals surface area contributed by atoms with Crippen LogP contribution in [-0.2, 0) is 9.53 Å². The first-order chi connectivity index (χ1) is 16.4. The van der Waals surface area contributed by atoms with E-state index < -0.39 is 24.4 Å². The molecular formula is C29H48O6. The maximum Gasteiger partial charge on any atom is 0.309 e. The third kappa shape index (κ3) is 4.30. The van der Waals surface area contributed by atoms with Gasteiger partial charge in [0.25, 0.3) is 0 Å². The molecule has 12 atom stereocenters. The molecule has 200 valence electrons. The monoisotopic (exact) mass is 492 g/mol. The van der Waals surface area contributed by atoms with Crippen LogP contribution in [0.25, 0.3) is 0 Å². The van der Waals surface area contributed by atoms with Gasteiger partial charge in [-0.15, -0.1) is 0 Å². The smallest absolute Gasteiger partial charge is 0.309 e. The summed E-state index contributed by atoms with van der Waals surface area (Å²) < 4.78 is 5.87. The van der Waals surface area contributed by atoms with E-state index in [1.54, 1.807) is 0 Å². The van der Waals surface area contributed by atoms with Crippen LogP contribution in [-0.4, -0.2) is 57.4 Å². The van der Waals surface area contributed by atoms with Crippen molar-refractivity contribution in [1.82, 2.24) is 0 Å². The van der Waals surface area contributed by atoms with Crippen LogP contribution < -0.4 is 0 Å². The minimum absolute atomic E-state index is 0.00457. The number of carbonyl (C=O) groups excluding carboxylic acids is 1. The van der Waals surface area contributed by atoms with E-state index in [4.69, 9.17) is 4.74 Å². The number of esters is 1. The Labute approximate surface area is 211 Å². The van der Waals surface area contributed by atoms with Crippen LogP contribution in [0.15, 0.2) is 11.6 Å². The topological polar surface area (TPSA) is 107 Å². The van der Waals surface area contributed by atoms with Crippen molar-refractivity contribution in [1.29, 1.82) is 0 Å². The van der Waals surface area contributed by atoms with E-state index >= 15 is 0 Å². The maximum atomic E-state index is 13.0. The lowest BCUT2D eigenvalue weighted by Gasteiger charge is -2.56. The highest BCUT2D eigenvalue weighted by atomic mass is 16.5. The van der Waals surface area contributed by atoms with E-state index in [2.05, 4.69) is 20.8 Å². The number of fused-ring (bicyclic) bond motifs is 5. The van der Waals surface area contributed by atoms with Crippen LogP contribution in [0.2, 0.25) is 0 Å². The highest BCUT2D eigenvalue weighted by Crippen LogP contribution is 2.66. The summed E-state index contributed by atoms with van der Waals surface area (Å²) in [7, 11) is 0. The van der Waals surface area contributed by atoms with Crippen LogP contribution in [0.3, 0.4) is 0 Å². The Kier molecular flexibility index (Phi) is 7.54. The van der Waals surface area contributed by atoms with E-state index in [1.165, 1.54) is 0 Å². The van der Waals surface area contributed by atoms with E-state index in [9.17, 15) is 25.2 Å². The molecule has 0 aromatic carbocycles. The second-order valence-electron chi connectivity index (χ2n) is 13.1. The van der Waals surface area contributed by atoms with Crippen LogP contribution in [0.1, 0.15) is 80.1 Å². The van der Waals surface area contributed by atoms with Gasteiger partial charge in [0.2, 0.25) is 0 Å². The Morgan fingerprint density at radius 1 is 1.03 bits per heavy atom. The summed E-state index contributed by atoms with van der Waals surface area (Å²) in [6.45, 7) is 13.0. The second kappa shape index (κ2) is 9.74. The normalized spacial score (nSPS) is 46.7. The average Bonchev–Trinajstić information content (AvgIpc) is 3.11. The Balaban J connectivity index is 1.58. The average molecular weight is 493 g/mol. The minimum atomic E-state index is -0.872. The fourth-order valence-corrected chi connectivity index (χ4v) is 9.26. The van der Waals surface area contributed by atoms with Gasteiger partial charge >= 0.3 is 5.97 Å². The summed E-state index contributed by atoms with van der Waals surface area (Å²) in [4.78, 5) is 13.0. The van der Waals surface area contributed by atoms with Crippen LogP contribution in [0.5, 0.6) is 0 Å². The highest BCUT2D eigenvalue weighted by Gasteiger charge is 2.63. The van der Waals surface area contributed by atoms with E-state index in [1.807, 2.05) is 26.8 Å². The fourth-order valence-electron chi connectivity index (χ4n) is 9.26. The number of aliphatic hydroxyl groups excluding tert-OH is 4. The van der Waals surface area contributed by atoms with Crippen LogP contribution >= 0.6 is 0 Å². The molecule has 1 heterocycles. The Morgan fingerprint density at radius 2 is 1.69 bits per heavy atom. The van der Waals surface area contributed by atoms with Crippen molar-refractivity contribution < 1.29 is 30.0 Å². The fraction of sp³-hybridized carbons (Fsp3) is 0.897. The second-order valence-corrected chi connectivity index (χ2v) is 13.1. The van der Waals surface area contributed by atoms with Gasteiger partial charge < -0.3 is 25.2 Å². The molecule has 4 fully saturated rings. The van der Waals surface area contributed by atoms with Gasteiger partial charge in [-0.3, -0.25) is 4.79 Å². The van der Waals surface area contributed by atoms with Crippen molar-refractivity contribution in [3.8, 4) is 0 Å². The number of aliphatic hydroxyl groups is 4. The quantitative estimate of drug-likeness (QED) is 0.344. The number of allylic oxidation sites excluding steroid dienone is 1. The molecule has 35 heavy (non-hydrogen) atoms. The minimum Gasteiger partial charge on any atom is -0.465 e. The van der Waals surface area contributed by atoms with Crippen molar-refractivity contribution >= 4 is 5.97 Å². The molecule has 0 unspecified atom stereocenters. The molecule has 3 aliphatic carbocycles. The molecule has 0 spiro atoms. The molecule has 1 aliphatic heterocycles. The standard InChI is InChI=1S/C29H48O6/c1-7-17(15(2)3)26(33)25(32)16(4)19-8-9-20-18-14-35-27(34)22-12-23(30)24(31)13-29(22,6)21(18)10-11-28(19,20)5/h7,15-16,18-26,30-33H,8-14H2,1-6H3/b17-7+/t16-,18-,19+,20-,21-,22+,23-,24+,25+,26+,28+,29+/m0/s1. The summed E-state index contributed by atoms with van der Waals surface area (Å²) in [5.74, 6) is 0.676. The van der Waals surface area contributed by atoms with Gasteiger partial charge in [0.05, 0.1) is 30.8 Å². The van der Waals surface area contributed by atoms with Gasteiger partial charge in [-0.05, 0) is 97.4 Å². The summed E-state index contributed by atoms with van der Waals surface area (Å²) in [5, 5.41) is 43.1. The number of cyclic esters (lactones) is 1. The van der Waals surface area contributed by atoms with Gasteiger partial charge in [0.15, 0.2) is 0 Å². The van der Waals surface area contributed by atoms with E-state index in [0.717, 1.165) is 31.3 Å². The SMILES string of the molecule is C/C=C(\C(C)C)[C@@H](O)[C@H](O)[C@@H](C)[C@H]1CC[C@H]2[C@@H]3COC(=O)[C@H]4C[C@H](O)[C@H](O)C[C@]4(C)[C@H]3CC[C@]12C. The molecule has 1 saturated heterocycles. The molecule has 6 nitrogen and oxygen atoms in total. The van der Waals surface area contributed by atoms with E-state index in [-0.39, 0.29) is 58.7 Å². The highest BCUT2D eigenvalue weighted by molar-refractivity contribution is 5.74. The number of rotatable bonds is 5. The van der Waals surface area contributed by atoms with Gasteiger partial charge in [0, 0.05) is 0 Å². The first-order valence-corrected chi connectivity index (χ1v) is 13.9. The van der Waals surface area contributed by atoms with Gasteiger partial charge in [0.1, 0.15) is 6.10 Å². The molecule has 0 aromatic heterocycles. The van der Waals surface area contributed by atoms with E-state index in [0.29, 0.717) is 18.9 Å². The van der Waals surface area contributed by atoms with Gasteiger partial charge in [-0.1, -0.05) is 40.7 Å². The molecule has 0 radical (unpaired) electrons. The predicted molar refractivity (Wildman–Crippen MR) is 134 cm³/mol. The molecule has 0 bridgehead atoms. The van der Waals surface area contributed by atoms with Gasteiger partial charge in [-0.25, -0.2) is 0 Å². The molecule has 0 aromatic rings. The summed E-state index contributed by atoms with van der Waals surface area (Å²) in [6.07, 6.45) is 3.28.